The smallest absolute Gasteiger partial charge is 0.269 e. The van der Waals surface area contributed by atoms with Gasteiger partial charge in [0.2, 0.25) is 5.91 Å². The van der Waals surface area contributed by atoms with E-state index in [0.717, 1.165) is 6.26 Å². The first-order valence-electron chi connectivity index (χ1n) is 5.89. The molecule has 2 rings (SSSR count). The van der Waals surface area contributed by atoms with Crippen molar-refractivity contribution >= 4 is 44.9 Å². The van der Waals surface area contributed by atoms with Gasteiger partial charge >= 0.3 is 0 Å². The van der Waals surface area contributed by atoms with E-state index in [1.54, 1.807) is 0 Å². The van der Waals surface area contributed by atoms with Crippen molar-refractivity contribution in [2.24, 2.45) is 5.92 Å². The van der Waals surface area contributed by atoms with Crippen LogP contribution in [0.1, 0.15) is 16.8 Å². The SMILES string of the molecule is CS(=O)(=O)c1ccc(C(=O)NNC(=O)C2CC2(Cl)Cl)cc1. The van der Waals surface area contributed by atoms with Crippen LogP contribution in [0.4, 0.5) is 0 Å². The van der Waals surface area contributed by atoms with Gasteiger partial charge in [0.1, 0.15) is 4.33 Å². The van der Waals surface area contributed by atoms with E-state index in [4.69, 9.17) is 23.2 Å². The molecule has 9 heteroatoms. The Morgan fingerprint density at radius 2 is 1.71 bits per heavy atom. The van der Waals surface area contributed by atoms with E-state index in [2.05, 4.69) is 10.9 Å². The lowest BCUT2D eigenvalue weighted by molar-refractivity contribution is -0.123. The van der Waals surface area contributed by atoms with Crippen LogP contribution in [0.3, 0.4) is 0 Å². The molecule has 0 aromatic heterocycles. The Morgan fingerprint density at radius 3 is 2.14 bits per heavy atom. The Balaban J connectivity index is 1.93. The molecule has 0 heterocycles. The second-order valence-electron chi connectivity index (χ2n) is 4.76. The fourth-order valence-corrected chi connectivity index (χ4v) is 2.77. The van der Waals surface area contributed by atoms with Crippen molar-refractivity contribution in [2.45, 2.75) is 15.6 Å². The normalized spacial score (nSPS) is 19.7. The van der Waals surface area contributed by atoms with E-state index >= 15 is 0 Å². The van der Waals surface area contributed by atoms with Crippen LogP contribution in [0, 0.1) is 5.92 Å². The average Bonchev–Trinajstić information content (AvgIpc) is 3.04. The molecule has 0 saturated heterocycles. The largest absolute Gasteiger partial charge is 0.273 e. The summed E-state index contributed by atoms with van der Waals surface area (Å²) in [6.07, 6.45) is 1.41. The molecule has 21 heavy (non-hydrogen) atoms. The Morgan fingerprint density at radius 1 is 1.19 bits per heavy atom. The van der Waals surface area contributed by atoms with Gasteiger partial charge in [-0.25, -0.2) is 8.42 Å². The third-order valence-corrected chi connectivity index (χ3v) is 4.95. The van der Waals surface area contributed by atoms with E-state index in [1.165, 1.54) is 24.3 Å². The number of hydrazine groups is 1. The summed E-state index contributed by atoms with van der Waals surface area (Å²) < 4.78 is 21.5. The van der Waals surface area contributed by atoms with E-state index in [1.807, 2.05) is 0 Å². The molecule has 114 valence electrons. The van der Waals surface area contributed by atoms with Crippen molar-refractivity contribution in [3.8, 4) is 0 Å². The maximum absolute atomic E-state index is 11.8. The molecule has 1 atom stereocenters. The number of hydrogen-bond donors (Lipinski definition) is 2. The lowest BCUT2D eigenvalue weighted by atomic mass is 10.2. The number of nitrogens with one attached hydrogen (secondary N) is 2. The molecule has 0 spiro atoms. The fourth-order valence-electron chi connectivity index (χ4n) is 1.63. The van der Waals surface area contributed by atoms with Gasteiger partial charge in [0, 0.05) is 11.8 Å². The van der Waals surface area contributed by atoms with Crippen molar-refractivity contribution in [3.63, 3.8) is 0 Å². The Labute approximate surface area is 131 Å². The van der Waals surface area contributed by atoms with Gasteiger partial charge in [0.05, 0.1) is 10.8 Å². The van der Waals surface area contributed by atoms with Crippen molar-refractivity contribution in [1.29, 1.82) is 0 Å². The summed E-state index contributed by atoms with van der Waals surface area (Å²) in [5.74, 6) is -1.59. The van der Waals surface area contributed by atoms with Crippen LogP contribution in [0.15, 0.2) is 29.2 Å². The van der Waals surface area contributed by atoms with Gasteiger partial charge < -0.3 is 0 Å². The zero-order valence-electron chi connectivity index (χ0n) is 10.9. The quantitative estimate of drug-likeness (QED) is 0.629. The lowest BCUT2D eigenvalue weighted by Gasteiger charge is -2.07. The Bertz CT molecular complexity index is 686. The number of carbonyl (C=O) groups is 2. The molecule has 1 unspecified atom stereocenters. The second-order valence-corrected chi connectivity index (χ2v) is 8.32. The third kappa shape index (κ3) is 3.87. The zero-order chi connectivity index (χ0) is 15.8. The van der Waals surface area contributed by atoms with Gasteiger partial charge in [0.15, 0.2) is 9.84 Å². The predicted octanol–water partition coefficient (Wildman–Crippen LogP) is 1.04. The van der Waals surface area contributed by atoms with E-state index in [-0.39, 0.29) is 10.5 Å². The Kier molecular flexibility index (Phi) is 4.19. The summed E-state index contributed by atoms with van der Waals surface area (Å²) >= 11 is 11.5. The minimum absolute atomic E-state index is 0.107. The lowest BCUT2D eigenvalue weighted by Crippen LogP contribution is -2.43. The first-order chi connectivity index (χ1) is 9.61. The summed E-state index contributed by atoms with van der Waals surface area (Å²) in [5.41, 5.74) is 4.64. The predicted molar refractivity (Wildman–Crippen MR) is 77.7 cm³/mol. The van der Waals surface area contributed by atoms with Crippen molar-refractivity contribution in [2.75, 3.05) is 6.26 Å². The van der Waals surface area contributed by atoms with Crippen molar-refractivity contribution in [1.82, 2.24) is 10.9 Å². The molecular weight excluding hydrogens is 339 g/mol. The van der Waals surface area contributed by atoms with Gasteiger partial charge in [-0.1, -0.05) is 0 Å². The summed E-state index contributed by atoms with van der Waals surface area (Å²) in [5, 5.41) is 0. The highest BCUT2D eigenvalue weighted by Gasteiger charge is 2.56. The molecule has 0 bridgehead atoms. The highest BCUT2D eigenvalue weighted by molar-refractivity contribution is 7.90. The molecule has 0 radical (unpaired) electrons. The molecule has 1 fully saturated rings. The summed E-state index contributed by atoms with van der Waals surface area (Å²) in [7, 11) is -3.32. The van der Waals surface area contributed by atoms with Crippen LogP contribution < -0.4 is 10.9 Å². The monoisotopic (exact) mass is 350 g/mol. The van der Waals surface area contributed by atoms with Crippen LogP contribution in [-0.4, -0.2) is 30.8 Å². The molecule has 2 amide bonds. The van der Waals surface area contributed by atoms with Crippen molar-refractivity contribution < 1.29 is 18.0 Å². The van der Waals surface area contributed by atoms with Gasteiger partial charge in [-0.05, 0) is 30.7 Å². The number of amides is 2. The maximum Gasteiger partial charge on any atom is 0.269 e. The van der Waals surface area contributed by atoms with E-state index in [9.17, 15) is 18.0 Å². The van der Waals surface area contributed by atoms with E-state index < -0.39 is 31.9 Å². The second kappa shape index (κ2) is 5.47. The molecular formula is C12H12Cl2N2O4S. The van der Waals surface area contributed by atoms with Gasteiger partial charge in [-0.2, -0.15) is 0 Å². The molecule has 0 aliphatic heterocycles. The molecule has 6 nitrogen and oxygen atoms in total. The minimum Gasteiger partial charge on any atom is -0.273 e. The van der Waals surface area contributed by atoms with Crippen LogP contribution in [0.2, 0.25) is 0 Å². The van der Waals surface area contributed by atoms with E-state index in [0.29, 0.717) is 6.42 Å². The Hall–Kier alpha value is -1.31. The number of hydrogen-bond acceptors (Lipinski definition) is 4. The van der Waals surface area contributed by atoms with Crippen LogP contribution >= 0.6 is 23.2 Å². The summed E-state index contributed by atoms with van der Waals surface area (Å²) in [6.45, 7) is 0. The highest BCUT2D eigenvalue weighted by Crippen LogP contribution is 2.53. The standard InChI is InChI=1S/C12H12Cl2N2O4S/c1-21(19,20)8-4-2-7(3-5-8)10(17)15-16-11(18)9-6-12(9,13)14/h2-5,9H,6H2,1H3,(H,15,17)(H,16,18). The van der Waals surface area contributed by atoms with Crippen LogP contribution in [0.25, 0.3) is 0 Å². The summed E-state index contributed by atoms with van der Waals surface area (Å²) in [4.78, 5) is 23.4. The van der Waals surface area contributed by atoms with Crippen LogP contribution in [0.5, 0.6) is 0 Å². The molecule has 1 saturated carbocycles. The number of halogens is 2. The summed E-state index contributed by atoms with van der Waals surface area (Å²) in [6, 6.07) is 5.33. The average molecular weight is 351 g/mol. The number of benzene rings is 1. The molecule has 1 aliphatic rings. The van der Waals surface area contributed by atoms with Crippen molar-refractivity contribution in [3.05, 3.63) is 29.8 Å². The van der Waals surface area contributed by atoms with Gasteiger partial charge in [-0.15, -0.1) is 23.2 Å². The molecule has 1 aromatic carbocycles. The molecule has 1 aliphatic carbocycles. The number of rotatable bonds is 3. The number of sulfone groups is 1. The zero-order valence-corrected chi connectivity index (χ0v) is 13.2. The first-order valence-corrected chi connectivity index (χ1v) is 8.54. The number of alkyl halides is 2. The molecule has 1 aromatic rings. The van der Waals surface area contributed by atoms with Gasteiger partial charge in [-0.3, -0.25) is 20.4 Å². The molecule has 2 N–H and O–H groups in total. The topological polar surface area (TPSA) is 92.3 Å². The fraction of sp³-hybridized carbons (Fsp3) is 0.333. The number of carbonyl (C=O) groups excluding carboxylic acids is 2. The first kappa shape index (κ1) is 16.1. The van der Waals surface area contributed by atoms with Crippen LogP contribution in [-0.2, 0) is 14.6 Å². The van der Waals surface area contributed by atoms with Gasteiger partial charge in [0.25, 0.3) is 5.91 Å². The maximum atomic E-state index is 11.8. The minimum atomic E-state index is -3.32. The third-order valence-electron chi connectivity index (χ3n) is 2.99. The highest BCUT2D eigenvalue weighted by atomic mass is 35.5.